The van der Waals surface area contributed by atoms with E-state index in [9.17, 15) is 14.9 Å². The largest absolute Gasteiger partial charge is 0.325 e. The van der Waals surface area contributed by atoms with E-state index in [4.69, 9.17) is 5.73 Å². The standard InChI is InChI=1S/C10H13N3O3/c1-2-9(11)10(14)12-7-3-5-8(6-4-7)13(15)16/h3-6,9H,2,11H2,1H3,(H,12,14). The number of nitro groups is 1. The molecule has 1 unspecified atom stereocenters. The third-order valence-electron chi connectivity index (χ3n) is 2.12. The maximum absolute atomic E-state index is 11.4. The van der Waals surface area contributed by atoms with E-state index in [1.165, 1.54) is 24.3 Å². The van der Waals surface area contributed by atoms with Gasteiger partial charge in [0, 0.05) is 17.8 Å². The van der Waals surface area contributed by atoms with Crippen molar-refractivity contribution >= 4 is 17.3 Å². The molecule has 0 aromatic heterocycles. The van der Waals surface area contributed by atoms with E-state index < -0.39 is 11.0 Å². The molecule has 0 aliphatic carbocycles. The first-order chi connectivity index (χ1) is 7.54. The Balaban J connectivity index is 2.69. The van der Waals surface area contributed by atoms with Crippen LogP contribution in [0.3, 0.4) is 0 Å². The molecule has 1 amide bonds. The number of rotatable bonds is 4. The molecule has 16 heavy (non-hydrogen) atoms. The monoisotopic (exact) mass is 223 g/mol. The maximum atomic E-state index is 11.4. The van der Waals surface area contributed by atoms with Gasteiger partial charge in [-0.2, -0.15) is 0 Å². The van der Waals surface area contributed by atoms with Crippen LogP contribution in [0.2, 0.25) is 0 Å². The molecule has 86 valence electrons. The Kier molecular flexibility index (Phi) is 3.96. The van der Waals surface area contributed by atoms with Crippen molar-refractivity contribution < 1.29 is 9.72 Å². The van der Waals surface area contributed by atoms with Crippen molar-refractivity contribution in [3.63, 3.8) is 0 Å². The molecular weight excluding hydrogens is 210 g/mol. The van der Waals surface area contributed by atoms with Crippen LogP contribution >= 0.6 is 0 Å². The summed E-state index contributed by atoms with van der Waals surface area (Å²) in [5, 5.41) is 13.0. The van der Waals surface area contributed by atoms with Crippen LogP contribution in [-0.2, 0) is 4.79 Å². The molecule has 1 atom stereocenters. The number of nitro benzene ring substituents is 1. The molecule has 0 spiro atoms. The van der Waals surface area contributed by atoms with Gasteiger partial charge in [-0.3, -0.25) is 14.9 Å². The lowest BCUT2D eigenvalue weighted by Crippen LogP contribution is -2.34. The smallest absolute Gasteiger partial charge is 0.269 e. The summed E-state index contributed by atoms with van der Waals surface area (Å²) in [5.74, 6) is -0.295. The predicted octanol–water partition coefficient (Wildman–Crippen LogP) is 1.27. The van der Waals surface area contributed by atoms with Crippen LogP contribution in [0.1, 0.15) is 13.3 Å². The highest BCUT2D eigenvalue weighted by Gasteiger charge is 2.11. The van der Waals surface area contributed by atoms with Crippen molar-refractivity contribution in [2.24, 2.45) is 5.73 Å². The minimum atomic E-state index is -0.560. The number of hydrogen-bond acceptors (Lipinski definition) is 4. The highest BCUT2D eigenvalue weighted by molar-refractivity contribution is 5.94. The lowest BCUT2D eigenvalue weighted by atomic mass is 10.2. The number of non-ortho nitro benzene ring substituents is 1. The maximum Gasteiger partial charge on any atom is 0.269 e. The van der Waals surface area contributed by atoms with Gasteiger partial charge in [-0.1, -0.05) is 6.92 Å². The molecule has 0 heterocycles. The Morgan fingerprint density at radius 3 is 2.50 bits per heavy atom. The molecule has 1 aromatic carbocycles. The van der Waals surface area contributed by atoms with Gasteiger partial charge in [0.2, 0.25) is 5.91 Å². The molecule has 6 heteroatoms. The molecule has 0 saturated carbocycles. The summed E-state index contributed by atoms with van der Waals surface area (Å²) in [4.78, 5) is 21.3. The van der Waals surface area contributed by atoms with Gasteiger partial charge in [-0.15, -0.1) is 0 Å². The van der Waals surface area contributed by atoms with Gasteiger partial charge in [0.15, 0.2) is 0 Å². The first-order valence-corrected chi connectivity index (χ1v) is 4.85. The predicted molar refractivity (Wildman–Crippen MR) is 60.0 cm³/mol. The van der Waals surface area contributed by atoms with Crippen LogP contribution in [0.4, 0.5) is 11.4 Å². The Hall–Kier alpha value is -1.95. The number of anilines is 1. The number of benzene rings is 1. The summed E-state index contributed by atoms with van der Waals surface area (Å²) in [6.07, 6.45) is 0.540. The van der Waals surface area contributed by atoms with E-state index in [0.717, 1.165) is 0 Å². The summed E-state index contributed by atoms with van der Waals surface area (Å²) in [6.45, 7) is 1.81. The normalized spacial score (nSPS) is 11.9. The fourth-order valence-electron chi connectivity index (χ4n) is 1.09. The average molecular weight is 223 g/mol. The number of hydrogen-bond donors (Lipinski definition) is 2. The highest BCUT2D eigenvalue weighted by Crippen LogP contribution is 2.15. The topological polar surface area (TPSA) is 98.3 Å². The molecule has 0 radical (unpaired) electrons. The second-order valence-corrected chi connectivity index (χ2v) is 3.31. The van der Waals surface area contributed by atoms with Gasteiger partial charge in [0.25, 0.3) is 5.69 Å². The summed E-state index contributed by atoms with van der Waals surface area (Å²) >= 11 is 0. The Labute approximate surface area is 92.6 Å². The fraction of sp³-hybridized carbons (Fsp3) is 0.300. The van der Waals surface area contributed by atoms with Crippen molar-refractivity contribution in [3.05, 3.63) is 34.4 Å². The molecule has 6 nitrogen and oxygen atoms in total. The first kappa shape index (κ1) is 12.1. The molecule has 1 aromatic rings. The van der Waals surface area contributed by atoms with Gasteiger partial charge in [-0.25, -0.2) is 0 Å². The van der Waals surface area contributed by atoms with Crippen LogP contribution in [0, 0.1) is 10.1 Å². The molecule has 0 saturated heterocycles. The molecule has 0 bridgehead atoms. The summed E-state index contributed by atoms with van der Waals surface area (Å²) in [6, 6.07) is 5.03. The Morgan fingerprint density at radius 2 is 2.06 bits per heavy atom. The highest BCUT2D eigenvalue weighted by atomic mass is 16.6. The van der Waals surface area contributed by atoms with E-state index in [1.807, 2.05) is 0 Å². The van der Waals surface area contributed by atoms with E-state index in [2.05, 4.69) is 5.32 Å². The molecule has 0 aliphatic rings. The van der Waals surface area contributed by atoms with E-state index in [0.29, 0.717) is 12.1 Å². The minimum absolute atomic E-state index is 0.0159. The zero-order valence-electron chi connectivity index (χ0n) is 8.84. The number of carbonyl (C=O) groups is 1. The van der Waals surface area contributed by atoms with Gasteiger partial charge in [0.05, 0.1) is 11.0 Å². The second kappa shape index (κ2) is 5.22. The van der Waals surface area contributed by atoms with Crippen LogP contribution in [-0.4, -0.2) is 16.9 Å². The summed E-state index contributed by atoms with van der Waals surface area (Å²) in [7, 11) is 0. The van der Waals surface area contributed by atoms with Gasteiger partial charge in [-0.05, 0) is 18.6 Å². The fourth-order valence-corrected chi connectivity index (χ4v) is 1.09. The molecular formula is C10H13N3O3. The zero-order valence-corrected chi connectivity index (χ0v) is 8.84. The number of nitrogens with zero attached hydrogens (tertiary/aromatic N) is 1. The van der Waals surface area contributed by atoms with Gasteiger partial charge >= 0.3 is 0 Å². The number of carbonyl (C=O) groups excluding carboxylic acids is 1. The van der Waals surface area contributed by atoms with Crippen LogP contribution < -0.4 is 11.1 Å². The van der Waals surface area contributed by atoms with Gasteiger partial charge < -0.3 is 11.1 Å². The number of nitrogens with two attached hydrogens (primary N) is 1. The van der Waals surface area contributed by atoms with E-state index >= 15 is 0 Å². The van der Waals surface area contributed by atoms with Crippen molar-refractivity contribution in [3.8, 4) is 0 Å². The number of amides is 1. The molecule has 0 fully saturated rings. The number of nitrogens with one attached hydrogen (secondary N) is 1. The third kappa shape index (κ3) is 3.03. The quantitative estimate of drug-likeness (QED) is 0.593. The lowest BCUT2D eigenvalue weighted by molar-refractivity contribution is -0.384. The Bertz CT molecular complexity index is 389. The average Bonchev–Trinajstić information content (AvgIpc) is 2.28. The molecule has 1 rings (SSSR count). The molecule has 3 N–H and O–H groups in total. The van der Waals surface area contributed by atoms with Gasteiger partial charge in [0.1, 0.15) is 0 Å². The minimum Gasteiger partial charge on any atom is -0.325 e. The van der Waals surface area contributed by atoms with Crippen molar-refractivity contribution in [1.82, 2.24) is 0 Å². The SMILES string of the molecule is CCC(N)C(=O)Nc1ccc([N+](=O)[O-])cc1. The summed E-state index contributed by atoms with van der Waals surface area (Å²) in [5.41, 5.74) is 6.01. The van der Waals surface area contributed by atoms with Crippen LogP contribution in [0.15, 0.2) is 24.3 Å². The first-order valence-electron chi connectivity index (χ1n) is 4.85. The van der Waals surface area contributed by atoms with Crippen LogP contribution in [0.5, 0.6) is 0 Å². The van der Waals surface area contributed by atoms with Crippen molar-refractivity contribution in [1.29, 1.82) is 0 Å². The van der Waals surface area contributed by atoms with Crippen molar-refractivity contribution in [2.75, 3.05) is 5.32 Å². The Morgan fingerprint density at radius 1 is 1.50 bits per heavy atom. The summed E-state index contributed by atoms with van der Waals surface area (Å²) < 4.78 is 0. The zero-order chi connectivity index (χ0) is 12.1. The molecule has 0 aliphatic heterocycles. The van der Waals surface area contributed by atoms with E-state index in [1.54, 1.807) is 6.92 Å². The van der Waals surface area contributed by atoms with Crippen LogP contribution in [0.25, 0.3) is 0 Å². The lowest BCUT2D eigenvalue weighted by Gasteiger charge is -2.09. The van der Waals surface area contributed by atoms with Crippen molar-refractivity contribution in [2.45, 2.75) is 19.4 Å². The third-order valence-corrected chi connectivity index (χ3v) is 2.12. The second-order valence-electron chi connectivity index (χ2n) is 3.31. The van der Waals surface area contributed by atoms with E-state index in [-0.39, 0.29) is 11.6 Å².